The summed E-state index contributed by atoms with van der Waals surface area (Å²) >= 11 is 7.09. The maximum Gasteiger partial charge on any atom is 0.257 e. The smallest absolute Gasteiger partial charge is 0.257 e. The first-order chi connectivity index (χ1) is 24.4. The highest BCUT2D eigenvalue weighted by Crippen LogP contribution is 2.28. The van der Waals surface area contributed by atoms with Gasteiger partial charge in [0.1, 0.15) is 11.5 Å². The monoisotopic (exact) mass is 818 g/mol. The van der Waals surface area contributed by atoms with Gasteiger partial charge >= 0.3 is 0 Å². The van der Waals surface area contributed by atoms with Crippen LogP contribution in [0.1, 0.15) is 163 Å². The van der Waals surface area contributed by atoms with Crippen molar-refractivity contribution in [2.75, 3.05) is 39.4 Å². The lowest BCUT2D eigenvalue weighted by molar-refractivity contribution is 0.0530. The molecule has 2 amide bonds. The Bertz CT molecular complexity index is 1250. The summed E-state index contributed by atoms with van der Waals surface area (Å²) in [5, 5.41) is 0. The summed E-state index contributed by atoms with van der Waals surface area (Å²) in [6.45, 7) is 7.62. The summed E-state index contributed by atoms with van der Waals surface area (Å²) in [4.78, 5) is 31.0. The number of rotatable bonds is 26. The highest BCUT2D eigenvalue weighted by atomic mass is 79.9. The first kappa shape index (κ1) is 42.4. The van der Waals surface area contributed by atoms with E-state index in [0.717, 1.165) is 34.6 Å². The van der Waals surface area contributed by atoms with Crippen LogP contribution in [0.2, 0.25) is 0 Å². The zero-order valence-electron chi connectivity index (χ0n) is 31.1. The fourth-order valence-electron chi connectivity index (χ4n) is 6.58. The molecule has 1 saturated heterocycles. The van der Waals surface area contributed by atoms with Crippen LogP contribution in [0.25, 0.3) is 0 Å². The van der Waals surface area contributed by atoms with E-state index >= 15 is 0 Å². The van der Waals surface area contributed by atoms with E-state index < -0.39 is 0 Å². The van der Waals surface area contributed by atoms with Crippen LogP contribution < -0.4 is 9.47 Å². The topological polar surface area (TPSA) is 59.1 Å². The molecule has 1 heterocycles. The van der Waals surface area contributed by atoms with Crippen molar-refractivity contribution in [3.63, 3.8) is 0 Å². The molecular weight excluding hydrogens is 756 g/mol. The van der Waals surface area contributed by atoms with Gasteiger partial charge in [-0.05, 0) is 49.2 Å². The van der Waals surface area contributed by atoms with Gasteiger partial charge < -0.3 is 19.3 Å². The normalized spacial score (nSPS) is 13.1. The number of benzene rings is 2. The van der Waals surface area contributed by atoms with Crippen molar-refractivity contribution in [2.24, 2.45) is 0 Å². The lowest BCUT2D eigenvalue weighted by Crippen LogP contribution is -2.50. The average molecular weight is 821 g/mol. The summed E-state index contributed by atoms with van der Waals surface area (Å²) < 4.78 is 14.1. The molecule has 1 aliphatic heterocycles. The molecule has 50 heavy (non-hydrogen) atoms. The van der Waals surface area contributed by atoms with Gasteiger partial charge in [0.15, 0.2) is 0 Å². The Hall–Kier alpha value is -2.06. The SMILES string of the molecule is CCCCCCCCCCCCOc1cc(Br)ccc1C(=O)N1CCN(C(=O)c2cc(Br)ccc2OCCCCCCCCCCCC)CC1. The molecule has 2 aromatic carbocycles. The van der Waals surface area contributed by atoms with Crippen LogP contribution in [-0.4, -0.2) is 61.0 Å². The van der Waals surface area contributed by atoms with E-state index in [4.69, 9.17) is 9.47 Å². The Labute approximate surface area is 320 Å². The van der Waals surface area contributed by atoms with Gasteiger partial charge in [0.05, 0.1) is 24.3 Å². The fraction of sp³-hybridized carbons (Fsp3) is 0.667. The summed E-state index contributed by atoms with van der Waals surface area (Å²) in [5.41, 5.74) is 1.15. The first-order valence-corrected chi connectivity index (χ1v) is 21.5. The van der Waals surface area contributed by atoms with Gasteiger partial charge in [-0.2, -0.15) is 0 Å². The standard InChI is InChI=1S/C42H64Br2N2O4/c1-3-5-7-9-11-13-15-17-19-21-31-49-39-26-24-35(43)33-38(39)42(48)46-29-27-45(28-30-46)41(47)37-25-23-36(44)34-40(37)50-32-22-20-18-16-14-12-10-8-6-4-2/h23-26,33-34H,3-22,27-32H2,1-2H3. The van der Waals surface area contributed by atoms with E-state index in [1.807, 2.05) is 46.2 Å². The first-order valence-electron chi connectivity index (χ1n) is 19.9. The molecular formula is C42H64Br2N2O4. The number of carbonyl (C=O) groups excluding carboxylic acids is 2. The van der Waals surface area contributed by atoms with Gasteiger partial charge in [-0.25, -0.2) is 0 Å². The second-order valence-corrected chi connectivity index (χ2v) is 15.8. The largest absolute Gasteiger partial charge is 0.493 e. The van der Waals surface area contributed by atoms with Crippen LogP contribution in [0.4, 0.5) is 0 Å². The van der Waals surface area contributed by atoms with Crippen molar-refractivity contribution in [1.29, 1.82) is 0 Å². The molecule has 0 bridgehead atoms. The number of unbranched alkanes of at least 4 members (excludes halogenated alkanes) is 18. The molecule has 0 N–H and O–H groups in total. The maximum absolute atomic E-state index is 13.7. The van der Waals surface area contributed by atoms with Gasteiger partial charge in [0.2, 0.25) is 0 Å². The molecule has 0 saturated carbocycles. The van der Waals surface area contributed by atoms with Crippen molar-refractivity contribution in [1.82, 2.24) is 9.80 Å². The number of hydrogen-bond donors (Lipinski definition) is 0. The second-order valence-electron chi connectivity index (χ2n) is 13.9. The highest BCUT2D eigenvalue weighted by molar-refractivity contribution is 9.10. The summed E-state index contributed by atoms with van der Waals surface area (Å²) in [6.07, 6.45) is 25.4. The van der Waals surface area contributed by atoms with Crippen molar-refractivity contribution in [3.8, 4) is 11.5 Å². The van der Waals surface area contributed by atoms with E-state index in [1.165, 1.54) is 103 Å². The Morgan fingerprint density at radius 2 is 0.880 bits per heavy atom. The Balaban J connectivity index is 1.41. The quantitative estimate of drug-likeness (QED) is 0.0887. The number of amides is 2. The Morgan fingerprint density at radius 1 is 0.500 bits per heavy atom. The third kappa shape index (κ3) is 16.1. The van der Waals surface area contributed by atoms with Crippen LogP contribution >= 0.6 is 31.9 Å². The van der Waals surface area contributed by atoms with Crippen LogP contribution in [0.5, 0.6) is 11.5 Å². The van der Waals surface area contributed by atoms with Crippen molar-refractivity contribution in [2.45, 2.75) is 142 Å². The van der Waals surface area contributed by atoms with Crippen molar-refractivity contribution >= 4 is 43.7 Å². The maximum atomic E-state index is 13.7. The van der Waals surface area contributed by atoms with Crippen LogP contribution in [0, 0.1) is 0 Å². The van der Waals surface area contributed by atoms with Crippen molar-refractivity contribution in [3.05, 3.63) is 56.5 Å². The van der Waals surface area contributed by atoms with E-state index in [2.05, 4.69) is 45.7 Å². The zero-order valence-corrected chi connectivity index (χ0v) is 34.3. The number of carbonyl (C=O) groups is 2. The number of ether oxygens (including phenoxy) is 2. The molecule has 2 aromatic rings. The fourth-order valence-corrected chi connectivity index (χ4v) is 7.29. The van der Waals surface area contributed by atoms with E-state index in [1.54, 1.807) is 0 Å². The molecule has 0 unspecified atom stereocenters. The predicted molar refractivity (Wildman–Crippen MR) is 215 cm³/mol. The summed E-state index contributed by atoms with van der Waals surface area (Å²) in [5.74, 6) is 1.15. The molecule has 0 aromatic heterocycles. The molecule has 0 atom stereocenters. The Kier molecular flexibility index (Phi) is 21.9. The van der Waals surface area contributed by atoms with Gasteiger partial charge in [0.25, 0.3) is 11.8 Å². The molecule has 0 radical (unpaired) electrons. The van der Waals surface area contributed by atoms with E-state index in [9.17, 15) is 9.59 Å². The summed E-state index contributed by atoms with van der Waals surface area (Å²) in [7, 11) is 0. The number of piperazine rings is 1. The van der Waals surface area contributed by atoms with Crippen LogP contribution in [-0.2, 0) is 0 Å². The van der Waals surface area contributed by atoms with Crippen LogP contribution in [0.3, 0.4) is 0 Å². The molecule has 8 heteroatoms. The minimum Gasteiger partial charge on any atom is -0.493 e. The van der Waals surface area contributed by atoms with Crippen LogP contribution in [0.15, 0.2) is 45.3 Å². The van der Waals surface area contributed by atoms with E-state index in [-0.39, 0.29) is 11.8 Å². The minimum absolute atomic E-state index is 0.0503. The third-order valence-corrected chi connectivity index (χ3v) is 10.7. The lowest BCUT2D eigenvalue weighted by Gasteiger charge is -2.35. The van der Waals surface area contributed by atoms with Gasteiger partial charge in [-0.15, -0.1) is 0 Å². The molecule has 1 aliphatic rings. The van der Waals surface area contributed by atoms with E-state index in [0.29, 0.717) is 62.0 Å². The molecule has 0 spiro atoms. The number of nitrogens with zero attached hydrogens (tertiary/aromatic N) is 2. The Morgan fingerprint density at radius 3 is 1.36 bits per heavy atom. The second kappa shape index (κ2) is 25.8. The van der Waals surface area contributed by atoms with Gasteiger partial charge in [0, 0.05) is 35.1 Å². The molecule has 6 nitrogen and oxygen atoms in total. The molecule has 280 valence electrons. The zero-order chi connectivity index (χ0) is 35.8. The highest BCUT2D eigenvalue weighted by Gasteiger charge is 2.28. The summed E-state index contributed by atoms with van der Waals surface area (Å²) in [6, 6.07) is 11.3. The van der Waals surface area contributed by atoms with Gasteiger partial charge in [-0.1, -0.05) is 161 Å². The average Bonchev–Trinajstić information content (AvgIpc) is 3.13. The van der Waals surface area contributed by atoms with Gasteiger partial charge in [-0.3, -0.25) is 9.59 Å². The third-order valence-electron chi connectivity index (χ3n) is 9.71. The molecule has 3 rings (SSSR count). The predicted octanol–water partition coefficient (Wildman–Crippen LogP) is 12.4. The molecule has 0 aliphatic carbocycles. The number of halogens is 2. The molecule has 1 fully saturated rings. The lowest BCUT2D eigenvalue weighted by atomic mass is 10.1. The van der Waals surface area contributed by atoms with Crippen molar-refractivity contribution < 1.29 is 19.1 Å². The number of hydrogen-bond acceptors (Lipinski definition) is 4. The minimum atomic E-state index is -0.0550.